The van der Waals surface area contributed by atoms with Gasteiger partial charge >= 0.3 is 0 Å². The van der Waals surface area contributed by atoms with Gasteiger partial charge in [-0.15, -0.1) is 0 Å². The fourth-order valence-electron chi connectivity index (χ4n) is 1.57. The highest BCUT2D eigenvalue weighted by Gasteiger charge is 2.08. The van der Waals surface area contributed by atoms with E-state index in [2.05, 4.69) is 5.16 Å². The van der Waals surface area contributed by atoms with E-state index < -0.39 is 9.84 Å². The standard InChI is InChI=1S/C13H19NO5S/c1-10(14-15)11-5-6-12(13(9-11)18-2)19-7-4-8-20(3,16)17/h5-6,9,15H,4,7-8H2,1-3H3. The molecule has 7 heteroatoms. The largest absolute Gasteiger partial charge is 0.493 e. The van der Waals surface area contributed by atoms with Crippen LogP contribution in [0, 0.1) is 0 Å². The van der Waals surface area contributed by atoms with Crippen LogP contribution in [0.5, 0.6) is 11.5 Å². The Hall–Kier alpha value is -1.76. The Morgan fingerprint density at radius 2 is 2.05 bits per heavy atom. The number of benzene rings is 1. The fraction of sp³-hybridized carbons (Fsp3) is 0.462. The van der Waals surface area contributed by atoms with Gasteiger partial charge in [0.1, 0.15) is 9.84 Å². The van der Waals surface area contributed by atoms with Gasteiger partial charge in [-0.25, -0.2) is 8.42 Å². The molecule has 0 spiro atoms. The second kappa shape index (κ2) is 7.14. The molecule has 0 saturated heterocycles. The molecule has 1 N–H and O–H groups in total. The van der Waals surface area contributed by atoms with E-state index in [1.165, 1.54) is 13.4 Å². The minimum absolute atomic E-state index is 0.0870. The van der Waals surface area contributed by atoms with Gasteiger partial charge in [-0.3, -0.25) is 0 Å². The number of hydrogen-bond donors (Lipinski definition) is 1. The monoisotopic (exact) mass is 301 g/mol. The average Bonchev–Trinajstić information content (AvgIpc) is 2.41. The summed E-state index contributed by atoms with van der Waals surface area (Å²) in [5, 5.41) is 11.8. The van der Waals surface area contributed by atoms with Crippen molar-refractivity contribution in [1.82, 2.24) is 0 Å². The van der Waals surface area contributed by atoms with Crippen LogP contribution in [-0.4, -0.2) is 45.1 Å². The van der Waals surface area contributed by atoms with Gasteiger partial charge in [0.2, 0.25) is 0 Å². The Balaban J connectivity index is 2.71. The topological polar surface area (TPSA) is 85.2 Å². The van der Waals surface area contributed by atoms with Crippen molar-refractivity contribution in [2.24, 2.45) is 5.16 Å². The van der Waals surface area contributed by atoms with Crippen molar-refractivity contribution >= 4 is 15.5 Å². The highest BCUT2D eigenvalue weighted by molar-refractivity contribution is 7.90. The Bertz CT molecular complexity index is 580. The minimum Gasteiger partial charge on any atom is -0.493 e. The van der Waals surface area contributed by atoms with E-state index in [4.69, 9.17) is 14.7 Å². The smallest absolute Gasteiger partial charge is 0.161 e. The molecule has 0 bridgehead atoms. The molecular formula is C13H19NO5S. The van der Waals surface area contributed by atoms with Crippen molar-refractivity contribution in [3.05, 3.63) is 23.8 Å². The SMILES string of the molecule is COc1cc(C(C)=NO)ccc1OCCCS(C)(=O)=O. The number of oxime groups is 1. The van der Waals surface area contributed by atoms with Crippen LogP contribution in [0.4, 0.5) is 0 Å². The number of hydrogen-bond acceptors (Lipinski definition) is 6. The average molecular weight is 301 g/mol. The number of methoxy groups -OCH3 is 1. The lowest BCUT2D eigenvalue weighted by Crippen LogP contribution is -2.08. The molecule has 0 radical (unpaired) electrons. The zero-order chi connectivity index (χ0) is 15.2. The zero-order valence-electron chi connectivity index (χ0n) is 11.8. The molecule has 0 aromatic heterocycles. The predicted octanol–water partition coefficient (Wildman–Crippen LogP) is 1.71. The Morgan fingerprint density at radius 3 is 2.60 bits per heavy atom. The molecule has 20 heavy (non-hydrogen) atoms. The Labute approximate surface area is 118 Å². The fourth-order valence-corrected chi connectivity index (χ4v) is 2.22. The summed E-state index contributed by atoms with van der Waals surface area (Å²) in [6.45, 7) is 1.96. The van der Waals surface area contributed by atoms with Crippen molar-refractivity contribution in [2.45, 2.75) is 13.3 Å². The van der Waals surface area contributed by atoms with Gasteiger partial charge in [0.25, 0.3) is 0 Å². The molecule has 112 valence electrons. The predicted molar refractivity (Wildman–Crippen MR) is 76.8 cm³/mol. The third-order valence-electron chi connectivity index (χ3n) is 2.65. The Kier molecular flexibility index (Phi) is 5.82. The summed E-state index contributed by atoms with van der Waals surface area (Å²) in [7, 11) is -1.46. The maximum atomic E-state index is 11.0. The summed E-state index contributed by atoms with van der Waals surface area (Å²) in [6, 6.07) is 5.13. The third kappa shape index (κ3) is 5.08. The number of nitrogens with zero attached hydrogens (tertiary/aromatic N) is 1. The Morgan fingerprint density at radius 1 is 1.35 bits per heavy atom. The highest BCUT2D eigenvalue weighted by Crippen LogP contribution is 2.28. The van der Waals surface area contributed by atoms with Crippen LogP contribution < -0.4 is 9.47 Å². The van der Waals surface area contributed by atoms with Crippen molar-refractivity contribution in [2.75, 3.05) is 25.7 Å². The zero-order valence-corrected chi connectivity index (χ0v) is 12.6. The molecule has 1 aromatic rings. The molecular weight excluding hydrogens is 282 g/mol. The molecule has 0 atom stereocenters. The van der Waals surface area contributed by atoms with Gasteiger partial charge in [-0.1, -0.05) is 5.16 Å². The van der Waals surface area contributed by atoms with Gasteiger partial charge in [0, 0.05) is 11.8 Å². The molecule has 0 amide bonds. The normalized spacial score (nSPS) is 12.2. The summed E-state index contributed by atoms with van der Waals surface area (Å²) in [4.78, 5) is 0. The minimum atomic E-state index is -2.97. The first-order valence-corrected chi connectivity index (χ1v) is 8.11. The molecule has 1 rings (SSSR count). The second-order valence-corrected chi connectivity index (χ2v) is 6.64. The van der Waals surface area contributed by atoms with E-state index in [1.54, 1.807) is 25.1 Å². The van der Waals surface area contributed by atoms with Crippen LogP contribution in [0.15, 0.2) is 23.4 Å². The summed E-state index contributed by atoms with van der Waals surface area (Å²) in [6.07, 6.45) is 1.61. The molecule has 0 fully saturated rings. The van der Waals surface area contributed by atoms with Gasteiger partial charge in [-0.2, -0.15) is 0 Å². The summed E-state index contributed by atoms with van der Waals surface area (Å²) in [5.74, 6) is 1.12. The van der Waals surface area contributed by atoms with Crippen LogP contribution in [-0.2, 0) is 9.84 Å². The van der Waals surface area contributed by atoms with Crippen LogP contribution in [0.1, 0.15) is 18.9 Å². The first-order valence-electron chi connectivity index (χ1n) is 6.05. The van der Waals surface area contributed by atoms with Crippen molar-refractivity contribution < 1.29 is 23.1 Å². The van der Waals surface area contributed by atoms with Crippen LogP contribution in [0.2, 0.25) is 0 Å². The first kappa shape index (κ1) is 16.3. The van der Waals surface area contributed by atoms with Gasteiger partial charge in [0.05, 0.1) is 25.2 Å². The van der Waals surface area contributed by atoms with Crippen molar-refractivity contribution in [3.63, 3.8) is 0 Å². The van der Waals surface area contributed by atoms with E-state index in [-0.39, 0.29) is 12.4 Å². The van der Waals surface area contributed by atoms with Gasteiger partial charge in [0.15, 0.2) is 11.5 Å². The number of sulfone groups is 1. The van der Waals surface area contributed by atoms with E-state index >= 15 is 0 Å². The summed E-state index contributed by atoms with van der Waals surface area (Å²) in [5.41, 5.74) is 1.18. The van der Waals surface area contributed by atoms with Crippen LogP contribution >= 0.6 is 0 Å². The number of ether oxygens (including phenoxy) is 2. The lowest BCUT2D eigenvalue weighted by atomic mass is 10.1. The molecule has 1 aromatic carbocycles. The molecule has 0 aliphatic heterocycles. The highest BCUT2D eigenvalue weighted by atomic mass is 32.2. The summed E-state index contributed by atoms with van der Waals surface area (Å²) < 4.78 is 32.7. The molecule has 6 nitrogen and oxygen atoms in total. The molecule has 0 saturated carbocycles. The second-order valence-electron chi connectivity index (χ2n) is 4.38. The number of rotatable bonds is 7. The first-order chi connectivity index (χ1) is 9.37. The van der Waals surface area contributed by atoms with E-state index in [0.717, 1.165) is 0 Å². The van der Waals surface area contributed by atoms with E-state index in [1.807, 2.05) is 0 Å². The quantitative estimate of drug-likeness (QED) is 0.358. The van der Waals surface area contributed by atoms with E-state index in [0.29, 0.717) is 29.2 Å². The van der Waals surface area contributed by atoms with Crippen LogP contribution in [0.3, 0.4) is 0 Å². The summed E-state index contributed by atoms with van der Waals surface area (Å²) >= 11 is 0. The van der Waals surface area contributed by atoms with Crippen molar-refractivity contribution in [3.8, 4) is 11.5 Å². The van der Waals surface area contributed by atoms with Gasteiger partial charge in [-0.05, 0) is 31.5 Å². The lowest BCUT2D eigenvalue weighted by molar-refractivity contribution is 0.294. The maximum absolute atomic E-state index is 11.0. The maximum Gasteiger partial charge on any atom is 0.161 e. The lowest BCUT2D eigenvalue weighted by Gasteiger charge is -2.11. The molecule has 0 aliphatic carbocycles. The molecule has 0 heterocycles. The van der Waals surface area contributed by atoms with E-state index in [9.17, 15) is 8.42 Å². The third-order valence-corrected chi connectivity index (χ3v) is 3.68. The molecule has 0 unspecified atom stereocenters. The van der Waals surface area contributed by atoms with Gasteiger partial charge < -0.3 is 14.7 Å². The van der Waals surface area contributed by atoms with Crippen molar-refractivity contribution in [1.29, 1.82) is 0 Å². The molecule has 0 aliphatic rings. The van der Waals surface area contributed by atoms with Crippen LogP contribution in [0.25, 0.3) is 0 Å².